The van der Waals surface area contributed by atoms with Crippen LogP contribution in [-0.4, -0.2) is 54.5 Å². The van der Waals surface area contributed by atoms with Gasteiger partial charge in [0.1, 0.15) is 5.69 Å². The third-order valence-corrected chi connectivity index (χ3v) is 5.44. The summed E-state index contributed by atoms with van der Waals surface area (Å²) < 4.78 is 5.11. The number of anilines is 1. The van der Waals surface area contributed by atoms with Gasteiger partial charge >= 0.3 is 5.97 Å². The predicted molar refractivity (Wildman–Crippen MR) is 104 cm³/mol. The normalized spacial score (nSPS) is 20.0. The molecule has 2 aliphatic rings. The summed E-state index contributed by atoms with van der Waals surface area (Å²) in [6, 6.07) is 4.40. The van der Waals surface area contributed by atoms with Crippen LogP contribution in [0.5, 0.6) is 0 Å². The highest BCUT2D eigenvalue weighted by Crippen LogP contribution is 2.32. The molecule has 0 N–H and O–H groups in total. The number of piperidine rings is 2. The number of amides is 1. The van der Waals surface area contributed by atoms with Crippen molar-refractivity contribution < 1.29 is 19.2 Å². The molecule has 0 aromatic heterocycles. The summed E-state index contributed by atoms with van der Waals surface area (Å²) in [5.41, 5.74) is 0.510. The fraction of sp³-hybridized carbons (Fsp3) is 0.600. The Kier molecular flexibility index (Phi) is 6.49. The summed E-state index contributed by atoms with van der Waals surface area (Å²) >= 11 is 0. The number of nitro benzene ring substituents is 1. The molecule has 8 nitrogen and oxygen atoms in total. The van der Waals surface area contributed by atoms with E-state index in [0.29, 0.717) is 24.7 Å². The number of carbonyl (C=O) groups is 2. The molecule has 2 fully saturated rings. The van der Waals surface area contributed by atoms with Gasteiger partial charge in [-0.05, 0) is 50.2 Å². The minimum Gasteiger partial charge on any atom is -0.452 e. The molecular weight excluding hydrogens is 362 g/mol. The molecule has 2 aliphatic heterocycles. The van der Waals surface area contributed by atoms with Crippen molar-refractivity contribution in [1.29, 1.82) is 0 Å². The highest BCUT2D eigenvalue weighted by molar-refractivity contribution is 5.93. The van der Waals surface area contributed by atoms with Gasteiger partial charge in [-0.25, -0.2) is 4.79 Å². The first-order valence-corrected chi connectivity index (χ1v) is 9.94. The maximum Gasteiger partial charge on any atom is 0.338 e. The summed E-state index contributed by atoms with van der Waals surface area (Å²) in [7, 11) is 0. The fourth-order valence-corrected chi connectivity index (χ4v) is 3.92. The van der Waals surface area contributed by atoms with E-state index in [0.717, 1.165) is 45.2 Å². The number of esters is 1. The van der Waals surface area contributed by atoms with Crippen LogP contribution in [0.2, 0.25) is 0 Å². The van der Waals surface area contributed by atoms with E-state index < -0.39 is 10.9 Å². The first-order valence-electron chi connectivity index (χ1n) is 9.94. The molecule has 1 aromatic rings. The van der Waals surface area contributed by atoms with Crippen molar-refractivity contribution in [2.24, 2.45) is 5.92 Å². The summed E-state index contributed by atoms with van der Waals surface area (Å²) in [6.07, 6.45) is 5.13. The number of likely N-dealkylation sites (tertiary alicyclic amines) is 1. The Balaban J connectivity index is 1.67. The topological polar surface area (TPSA) is 93.0 Å². The summed E-state index contributed by atoms with van der Waals surface area (Å²) in [5, 5.41) is 11.6. The van der Waals surface area contributed by atoms with Crippen molar-refractivity contribution in [3.8, 4) is 0 Å². The Morgan fingerprint density at radius 2 is 1.93 bits per heavy atom. The lowest BCUT2D eigenvalue weighted by molar-refractivity contribution is -0.384. The van der Waals surface area contributed by atoms with Crippen molar-refractivity contribution in [1.82, 2.24) is 4.90 Å². The van der Waals surface area contributed by atoms with E-state index in [1.165, 1.54) is 12.1 Å². The lowest BCUT2D eigenvalue weighted by Crippen LogP contribution is -2.38. The van der Waals surface area contributed by atoms with Crippen LogP contribution in [0.1, 0.15) is 49.4 Å². The lowest BCUT2D eigenvalue weighted by Gasteiger charge is -2.32. The van der Waals surface area contributed by atoms with Gasteiger partial charge in [0.15, 0.2) is 6.61 Å². The quantitative estimate of drug-likeness (QED) is 0.437. The standard InChI is InChI=1S/C20H27N3O5/c1-15-6-5-11-22(13-15)17-8-7-16(12-18(17)23(26)27)20(25)28-14-19(24)21-9-3-2-4-10-21/h7-8,12,15H,2-6,9-11,13-14H2,1H3/t15-/m1/s1. The molecule has 0 bridgehead atoms. The number of nitrogens with zero attached hydrogens (tertiary/aromatic N) is 3. The largest absolute Gasteiger partial charge is 0.452 e. The molecule has 1 amide bonds. The smallest absolute Gasteiger partial charge is 0.338 e. The predicted octanol–water partition coefficient (Wildman–Crippen LogP) is 3.00. The summed E-state index contributed by atoms with van der Waals surface area (Å²) in [5.74, 6) is -0.465. The maximum absolute atomic E-state index is 12.3. The average molecular weight is 389 g/mol. The van der Waals surface area contributed by atoms with Gasteiger partial charge < -0.3 is 14.5 Å². The zero-order chi connectivity index (χ0) is 20.1. The van der Waals surface area contributed by atoms with Gasteiger partial charge in [0.25, 0.3) is 11.6 Å². The zero-order valence-corrected chi connectivity index (χ0v) is 16.3. The molecule has 2 heterocycles. The zero-order valence-electron chi connectivity index (χ0n) is 16.3. The van der Waals surface area contributed by atoms with E-state index in [2.05, 4.69) is 6.92 Å². The van der Waals surface area contributed by atoms with Gasteiger partial charge in [0, 0.05) is 32.2 Å². The highest BCUT2D eigenvalue weighted by atomic mass is 16.6. The van der Waals surface area contributed by atoms with E-state index >= 15 is 0 Å². The number of nitro groups is 1. The van der Waals surface area contributed by atoms with Crippen LogP contribution in [-0.2, 0) is 9.53 Å². The second-order valence-electron chi connectivity index (χ2n) is 7.67. The monoisotopic (exact) mass is 389 g/mol. The number of ether oxygens (including phenoxy) is 1. The van der Waals surface area contributed by atoms with Gasteiger partial charge in [0.2, 0.25) is 0 Å². The molecule has 152 valence electrons. The maximum atomic E-state index is 12.3. The van der Waals surface area contributed by atoms with Gasteiger partial charge in [-0.2, -0.15) is 0 Å². The number of rotatable bonds is 5. The Hall–Kier alpha value is -2.64. The molecule has 1 atom stereocenters. The van der Waals surface area contributed by atoms with E-state index in [9.17, 15) is 19.7 Å². The highest BCUT2D eigenvalue weighted by Gasteiger charge is 2.26. The molecule has 0 unspecified atom stereocenters. The van der Waals surface area contributed by atoms with Crippen LogP contribution >= 0.6 is 0 Å². The Labute approximate surface area is 164 Å². The molecule has 0 radical (unpaired) electrons. The van der Waals surface area contributed by atoms with Crippen LogP contribution < -0.4 is 4.90 Å². The Morgan fingerprint density at radius 1 is 1.18 bits per heavy atom. The van der Waals surface area contributed by atoms with Crippen molar-refractivity contribution in [2.45, 2.75) is 39.0 Å². The summed E-state index contributed by atoms with van der Waals surface area (Å²) in [4.78, 5) is 39.2. The second-order valence-corrected chi connectivity index (χ2v) is 7.67. The van der Waals surface area contributed by atoms with E-state index in [1.807, 2.05) is 4.90 Å². The van der Waals surface area contributed by atoms with Crippen LogP contribution in [0, 0.1) is 16.0 Å². The molecule has 0 saturated carbocycles. The van der Waals surface area contributed by atoms with Crippen LogP contribution in [0.25, 0.3) is 0 Å². The molecule has 0 aliphatic carbocycles. The van der Waals surface area contributed by atoms with Crippen molar-refractivity contribution in [2.75, 3.05) is 37.7 Å². The van der Waals surface area contributed by atoms with E-state index in [4.69, 9.17) is 4.74 Å². The minimum absolute atomic E-state index is 0.0898. The average Bonchev–Trinajstić information content (AvgIpc) is 2.72. The van der Waals surface area contributed by atoms with Gasteiger partial charge in [-0.1, -0.05) is 6.92 Å². The molecule has 1 aromatic carbocycles. The Bertz CT molecular complexity index is 745. The van der Waals surface area contributed by atoms with Crippen LogP contribution in [0.15, 0.2) is 18.2 Å². The molecular formula is C20H27N3O5. The molecule has 2 saturated heterocycles. The third-order valence-electron chi connectivity index (χ3n) is 5.44. The fourth-order valence-electron chi connectivity index (χ4n) is 3.92. The lowest BCUT2D eigenvalue weighted by atomic mass is 9.99. The second kappa shape index (κ2) is 9.03. The SMILES string of the molecule is C[C@@H]1CCCN(c2ccc(C(=O)OCC(=O)N3CCCCC3)cc2[N+](=O)[O-])C1. The molecule has 3 rings (SSSR count). The van der Waals surface area contributed by atoms with E-state index in [1.54, 1.807) is 11.0 Å². The minimum atomic E-state index is -0.716. The number of carbonyl (C=O) groups excluding carboxylic acids is 2. The molecule has 8 heteroatoms. The number of hydrogen-bond acceptors (Lipinski definition) is 6. The van der Waals surface area contributed by atoms with Crippen LogP contribution in [0.3, 0.4) is 0 Å². The van der Waals surface area contributed by atoms with E-state index in [-0.39, 0.29) is 23.8 Å². The van der Waals surface area contributed by atoms with Crippen molar-refractivity contribution in [3.05, 3.63) is 33.9 Å². The Morgan fingerprint density at radius 3 is 2.61 bits per heavy atom. The first kappa shape index (κ1) is 20.1. The van der Waals surface area contributed by atoms with Crippen molar-refractivity contribution >= 4 is 23.3 Å². The third kappa shape index (κ3) is 4.79. The molecule has 28 heavy (non-hydrogen) atoms. The van der Waals surface area contributed by atoms with Gasteiger partial charge in [0.05, 0.1) is 10.5 Å². The first-order chi connectivity index (χ1) is 13.5. The van der Waals surface area contributed by atoms with Crippen LogP contribution in [0.4, 0.5) is 11.4 Å². The van der Waals surface area contributed by atoms with Gasteiger partial charge in [-0.3, -0.25) is 14.9 Å². The van der Waals surface area contributed by atoms with Crippen molar-refractivity contribution in [3.63, 3.8) is 0 Å². The summed E-state index contributed by atoms with van der Waals surface area (Å²) in [6.45, 7) is 4.69. The number of benzene rings is 1. The van der Waals surface area contributed by atoms with Gasteiger partial charge in [-0.15, -0.1) is 0 Å². The molecule has 0 spiro atoms. The number of hydrogen-bond donors (Lipinski definition) is 0.